The molecule has 0 bridgehead atoms. The largest absolute Gasteiger partial charge is 0.383 e. The number of thiophene rings is 1. The van der Waals surface area contributed by atoms with Crippen molar-refractivity contribution in [1.82, 2.24) is 15.1 Å². The Morgan fingerprint density at radius 2 is 2.14 bits per heavy atom. The molecule has 2 aromatic rings. The zero-order chi connectivity index (χ0) is 15.2. The highest BCUT2D eigenvalue weighted by Crippen LogP contribution is 2.24. The molecule has 0 aromatic carbocycles. The number of hydrogen-bond acceptors (Lipinski definition) is 4. The monoisotopic (exact) mass is 371 g/mol. The van der Waals surface area contributed by atoms with Crippen LogP contribution in [0.3, 0.4) is 0 Å². The molecule has 0 aliphatic rings. The molecule has 0 radical (unpaired) electrons. The molecule has 21 heavy (non-hydrogen) atoms. The van der Waals surface area contributed by atoms with E-state index in [1.807, 2.05) is 0 Å². The van der Waals surface area contributed by atoms with Gasteiger partial charge in [-0.05, 0) is 60.4 Å². The van der Waals surface area contributed by atoms with Gasteiger partial charge in [0, 0.05) is 24.2 Å². The summed E-state index contributed by atoms with van der Waals surface area (Å²) in [4.78, 5) is 1.32. The molecule has 2 rings (SSSR count). The average Bonchev–Trinajstić information content (AvgIpc) is 2.96. The van der Waals surface area contributed by atoms with E-state index in [-0.39, 0.29) is 0 Å². The first-order valence-electron chi connectivity index (χ1n) is 7.08. The predicted molar refractivity (Wildman–Crippen MR) is 91.3 cm³/mol. The third kappa shape index (κ3) is 4.64. The van der Waals surface area contributed by atoms with Crippen molar-refractivity contribution < 1.29 is 4.74 Å². The number of nitrogens with one attached hydrogen (secondary N) is 1. The van der Waals surface area contributed by atoms with E-state index in [4.69, 9.17) is 4.74 Å². The van der Waals surface area contributed by atoms with Crippen molar-refractivity contribution in [1.29, 1.82) is 0 Å². The van der Waals surface area contributed by atoms with Gasteiger partial charge in [-0.3, -0.25) is 4.68 Å². The molecule has 0 spiro atoms. The van der Waals surface area contributed by atoms with Crippen molar-refractivity contribution in [2.45, 2.75) is 26.8 Å². The molecule has 2 aromatic heterocycles. The lowest BCUT2D eigenvalue weighted by Crippen LogP contribution is -2.22. The molecule has 4 nitrogen and oxygen atoms in total. The van der Waals surface area contributed by atoms with E-state index in [0.717, 1.165) is 38.4 Å². The number of methoxy groups -OCH3 is 1. The molecule has 6 heteroatoms. The summed E-state index contributed by atoms with van der Waals surface area (Å²) in [5.41, 5.74) is 3.76. The molecule has 1 N–H and O–H groups in total. The van der Waals surface area contributed by atoms with Crippen LogP contribution in [-0.4, -0.2) is 36.6 Å². The first-order chi connectivity index (χ1) is 10.1. The number of hydrogen-bond donors (Lipinski definition) is 1. The second-order valence-electron chi connectivity index (χ2n) is 5.01. The molecule has 0 atom stereocenters. The van der Waals surface area contributed by atoms with E-state index in [9.17, 15) is 0 Å². The standard InChI is InChI=1S/C15H22BrN3OS/c1-11-14(6-7-17-8-9-20-3)12(2)19(18-11)10-13-4-5-15(16)21-13/h4-5,17H,6-10H2,1-3H3. The quantitative estimate of drug-likeness (QED) is 0.724. The van der Waals surface area contributed by atoms with Crippen LogP contribution in [0.5, 0.6) is 0 Å². The van der Waals surface area contributed by atoms with Gasteiger partial charge in [0.1, 0.15) is 0 Å². The summed E-state index contributed by atoms with van der Waals surface area (Å²) in [7, 11) is 1.73. The molecule has 0 unspecified atom stereocenters. The minimum atomic E-state index is 0.754. The lowest BCUT2D eigenvalue weighted by atomic mass is 10.1. The zero-order valence-electron chi connectivity index (χ0n) is 12.8. The highest BCUT2D eigenvalue weighted by atomic mass is 79.9. The van der Waals surface area contributed by atoms with E-state index in [0.29, 0.717) is 0 Å². The summed E-state index contributed by atoms with van der Waals surface area (Å²) in [5, 5.41) is 8.07. The minimum Gasteiger partial charge on any atom is -0.383 e. The lowest BCUT2D eigenvalue weighted by molar-refractivity contribution is 0.199. The second-order valence-corrected chi connectivity index (χ2v) is 7.55. The van der Waals surface area contributed by atoms with Gasteiger partial charge in [-0.15, -0.1) is 11.3 Å². The van der Waals surface area contributed by atoms with Crippen LogP contribution in [-0.2, 0) is 17.7 Å². The van der Waals surface area contributed by atoms with E-state index >= 15 is 0 Å². The van der Waals surface area contributed by atoms with Gasteiger partial charge in [0.2, 0.25) is 0 Å². The molecule has 0 aliphatic heterocycles. The average molecular weight is 372 g/mol. The van der Waals surface area contributed by atoms with Crippen molar-refractivity contribution in [3.8, 4) is 0 Å². The molecule has 0 fully saturated rings. The number of rotatable bonds is 8. The van der Waals surface area contributed by atoms with Gasteiger partial charge in [-0.2, -0.15) is 5.10 Å². The van der Waals surface area contributed by atoms with Crippen LogP contribution < -0.4 is 5.32 Å². The Morgan fingerprint density at radius 3 is 2.81 bits per heavy atom. The van der Waals surface area contributed by atoms with Gasteiger partial charge in [0.25, 0.3) is 0 Å². The number of aromatic nitrogens is 2. The van der Waals surface area contributed by atoms with Crippen molar-refractivity contribution in [3.05, 3.63) is 37.7 Å². The Hall–Kier alpha value is -0.690. The topological polar surface area (TPSA) is 39.1 Å². The maximum Gasteiger partial charge on any atom is 0.0755 e. The first kappa shape index (κ1) is 16.7. The number of ether oxygens (including phenoxy) is 1. The molecule has 116 valence electrons. The van der Waals surface area contributed by atoms with Crippen molar-refractivity contribution in [2.24, 2.45) is 0 Å². The van der Waals surface area contributed by atoms with E-state index < -0.39 is 0 Å². The Balaban J connectivity index is 1.96. The summed E-state index contributed by atoms with van der Waals surface area (Å²) in [6.07, 6.45) is 1.01. The maximum absolute atomic E-state index is 5.03. The number of halogens is 1. The Morgan fingerprint density at radius 1 is 1.33 bits per heavy atom. The third-order valence-electron chi connectivity index (χ3n) is 3.50. The van der Waals surface area contributed by atoms with E-state index in [2.05, 4.69) is 57.0 Å². The van der Waals surface area contributed by atoms with Crippen molar-refractivity contribution in [3.63, 3.8) is 0 Å². The molecule has 0 amide bonds. The van der Waals surface area contributed by atoms with Gasteiger partial charge in [-0.25, -0.2) is 0 Å². The number of aryl methyl sites for hydroxylation is 1. The fraction of sp³-hybridized carbons (Fsp3) is 0.533. The normalized spacial score (nSPS) is 11.2. The van der Waals surface area contributed by atoms with Gasteiger partial charge in [0.15, 0.2) is 0 Å². The van der Waals surface area contributed by atoms with Gasteiger partial charge in [0.05, 0.1) is 22.6 Å². The third-order valence-corrected chi connectivity index (χ3v) is 5.11. The van der Waals surface area contributed by atoms with Crippen LogP contribution in [0.15, 0.2) is 15.9 Å². The molecular formula is C15H22BrN3OS. The maximum atomic E-state index is 5.03. The SMILES string of the molecule is COCCNCCc1c(C)nn(Cc2ccc(Br)s2)c1C. The summed E-state index contributed by atoms with van der Waals surface area (Å²) >= 11 is 5.27. The van der Waals surface area contributed by atoms with Gasteiger partial charge < -0.3 is 10.1 Å². The molecule has 0 saturated carbocycles. The molecule has 0 saturated heterocycles. The minimum absolute atomic E-state index is 0.754. The second kappa shape index (κ2) is 8.08. The van der Waals surface area contributed by atoms with Crippen LogP contribution in [0.1, 0.15) is 21.8 Å². The van der Waals surface area contributed by atoms with Crippen molar-refractivity contribution >= 4 is 27.3 Å². The van der Waals surface area contributed by atoms with Crippen LogP contribution in [0.25, 0.3) is 0 Å². The highest BCUT2D eigenvalue weighted by molar-refractivity contribution is 9.11. The smallest absolute Gasteiger partial charge is 0.0755 e. The Bertz CT molecular complexity index is 579. The Labute approximate surface area is 138 Å². The van der Waals surface area contributed by atoms with Crippen LogP contribution in [0.4, 0.5) is 0 Å². The first-order valence-corrected chi connectivity index (χ1v) is 8.69. The summed E-state index contributed by atoms with van der Waals surface area (Å²) < 4.78 is 8.31. The van der Waals surface area contributed by atoms with E-state index in [1.165, 1.54) is 19.9 Å². The van der Waals surface area contributed by atoms with Gasteiger partial charge in [-0.1, -0.05) is 0 Å². The molecule has 2 heterocycles. The molecule has 0 aliphatic carbocycles. The predicted octanol–water partition coefficient (Wildman–Crippen LogP) is 3.15. The van der Waals surface area contributed by atoms with Crippen LogP contribution in [0.2, 0.25) is 0 Å². The summed E-state index contributed by atoms with van der Waals surface area (Å²) in [6.45, 7) is 7.71. The summed E-state index contributed by atoms with van der Waals surface area (Å²) in [5.74, 6) is 0. The summed E-state index contributed by atoms with van der Waals surface area (Å²) in [6, 6.07) is 4.24. The highest BCUT2D eigenvalue weighted by Gasteiger charge is 2.12. The molecular weight excluding hydrogens is 350 g/mol. The lowest BCUT2D eigenvalue weighted by Gasteiger charge is -2.06. The number of nitrogens with zero attached hydrogens (tertiary/aromatic N) is 2. The van der Waals surface area contributed by atoms with Crippen LogP contribution >= 0.6 is 27.3 Å². The van der Waals surface area contributed by atoms with Crippen molar-refractivity contribution in [2.75, 3.05) is 26.8 Å². The van der Waals surface area contributed by atoms with Gasteiger partial charge >= 0.3 is 0 Å². The van der Waals surface area contributed by atoms with Crippen LogP contribution in [0, 0.1) is 13.8 Å². The van der Waals surface area contributed by atoms with E-state index in [1.54, 1.807) is 18.4 Å². The zero-order valence-corrected chi connectivity index (χ0v) is 15.2. The Kier molecular flexibility index (Phi) is 6.41. The fourth-order valence-corrected chi connectivity index (χ4v) is 3.81. The fourth-order valence-electron chi connectivity index (χ4n) is 2.35.